The molecule has 8 nitrogen and oxygen atoms in total. The van der Waals surface area contributed by atoms with Crippen molar-refractivity contribution in [3.8, 4) is 6.07 Å². The first-order chi connectivity index (χ1) is 16.2. The molecular formula is C25H35N3O5. The molecule has 33 heavy (non-hydrogen) atoms. The lowest BCUT2D eigenvalue weighted by molar-refractivity contribution is -0.138. The zero-order valence-corrected chi connectivity index (χ0v) is 19.2. The van der Waals surface area contributed by atoms with Crippen LogP contribution in [-0.2, 0) is 25.6 Å². The molecule has 0 aromatic heterocycles. The fourth-order valence-corrected chi connectivity index (χ4v) is 4.39. The summed E-state index contributed by atoms with van der Waals surface area (Å²) in [7, 11) is 0. The molecule has 1 N–H and O–H groups in total. The number of rotatable bonds is 10. The third-order valence-electron chi connectivity index (χ3n) is 6.24. The summed E-state index contributed by atoms with van der Waals surface area (Å²) in [5.74, 6) is 0.313. The van der Waals surface area contributed by atoms with Gasteiger partial charge >= 0.3 is 6.09 Å². The number of ether oxygens (including phenoxy) is 3. The number of hydrogen-bond acceptors (Lipinski definition) is 6. The summed E-state index contributed by atoms with van der Waals surface area (Å²) in [5, 5.41) is 12.2. The Kier molecular flexibility index (Phi) is 10.5. The van der Waals surface area contributed by atoms with E-state index in [0.717, 1.165) is 31.2 Å². The van der Waals surface area contributed by atoms with Gasteiger partial charge in [0, 0.05) is 19.5 Å². The van der Waals surface area contributed by atoms with Gasteiger partial charge < -0.3 is 24.4 Å². The first kappa shape index (κ1) is 25.0. The van der Waals surface area contributed by atoms with E-state index in [1.54, 1.807) is 4.90 Å². The Balaban J connectivity index is 1.48. The van der Waals surface area contributed by atoms with Crippen LogP contribution in [0.3, 0.4) is 0 Å². The third kappa shape index (κ3) is 8.67. The predicted molar refractivity (Wildman–Crippen MR) is 122 cm³/mol. The van der Waals surface area contributed by atoms with Crippen LogP contribution in [0.1, 0.15) is 50.5 Å². The first-order valence-electron chi connectivity index (χ1n) is 12.0. The van der Waals surface area contributed by atoms with E-state index in [-0.39, 0.29) is 12.3 Å². The molecule has 0 radical (unpaired) electrons. The average molecular weight is 458 g/mol. The van der Waals surface area contributed by atoms with Crippen molar-refractivity contribution in [3.63, 3.8) is 0 Å². The number of benzene rings is 1. The average Bonchev–Trinajstić information content (AvgIpc) is 2.86. The maximum absolute atomic E-state index is 13.1. The van der Waals surface area contributed by atoms with E-state index in [0.29, 0.717) is 51.9 Å². The van der Waals surface area contributed by atoms with Gasteiger partial charge in [0.25, 0.3) is 0 Å². The number of amides is 2. The Morgan fingerprint density at radius 1 is 1.15 bits per heavy atom. The van der Waals surface area contributed by atoms with Crippen LogP contribution in [0.5, 0.6) is 0 Å². The number of nitrogens with zero attached hydrogens (tertiary/aromatic N) is 2. The lowest BCUT2D eigenvalue weighted by Gasteiger charge is -2.33. The topological polar surface area (TPSA) is 101 Å². The Morgan fingerprint density at radius 2 is 1.88 bits per heavy atom. The second-order valence-electron chi connectivity index (χ2n) is 8.72. The van der Waals surface area contributed by atoms with Gasteiger partial charge in [-0.1, -0.05) is 62.4 Å². The Hall–Kier alpha value is -2.63. The van der Waals surface area contributed by atoms with E-state index in [4.69, 9.17) is 14.2 Å². The molecule has 1 aromatic rings. The largest absolute Gasteiger partial charge is 0.431 e. The Morgan fingerprint density at radius 3 is 2.58 bits per heavy atom. The summed E-state index contributed by atoms with van der Waals surface area (Å²) in [6, 6.07) is 11.1. The van der Waals surface area contributed by atoms with E-state index in [9.17, 15) is 14.9 Å². The molecule has 1 aromatic carbocycles. The van der Waals surface area contributed by atoms with Crippen LogP contribution in [0.4, 0.5) is 4.79 Å². The van der Waals surface area contributed by atoms with Gasteiger partial charge in [0.1, 0.15) is 12.1 Å². The maximum Gasteiger partial charge on any atom is 0.409 e. The monoisotopic (exact) mass is 457 g/mol. The van der Waals surface area contributed by atoms with Crippen LogP contribution in [0.25, 0.3) is 0 Å². The van der Waals surface area contributed by atoms with Crippen LogP contribution in [0.2, 0.25) is 0 Å². The second-order valence-corrected chi connectivity index (χ2v) is 8.72. The zero-order valence-electron chi connectivity index (χ0n) is 19.2. The van der Waals surface area contributed by atoms with Crippen molar-refractivity contribution in [2.24, 2.45) is 5.92 Å². The van der Waals surface area contributed by atoms with Crippen LogP contribution < -0.4 is 5.32 Å². The lowest BCUT2D eigenvalue weighted by atomic mass is 9.84. The van der Waals surface area contributed by atoms with E-state index in [1.807, 2.05) is 36.4 Å². The van der Waals surface area contributed by atoms with E-state index in [2.05, 4.69) is 5.32 Å². The van der Waals surface area contributed by atoms with Gasteiger partial charge in [-0.3, -0.25) is 4.79 Å². The van der Waals surface area contributed by atoms with Gasteiger partial charge in [-0.25, -0.2) is 4.79 Å². The van der Waals surface area contributed by atoms with Crippen molar-refractivity contribution in [3.05, 3.63) is 35.9 Å². The summed E-state index contributed by atoms with van der Waals surface area (Å²) in [4.78, 5) is 27.5. The van der Waals surface area contributed by atoms with E-state index < -0.39 is 18.2 Å². The highest BCUT2D eigenvalue weighted by Crippen LogP contribution is 2.28. The summed E-state index contributed by atoms with van der Waals surface area (Å²) in [6.07, 6.45) is 4.89. The number of hydrogen-bond donors (Lipinski definition) is 1. The molecule has 180 valence electrons. The van der Waals surface area contributed by atoms with Crippen LogP contribution in [-0.4, -0.2) is 62.0 Å². The van der Waals surface area contributed by atoms with Gasteiger partial charge in [0.05, 0.1) is 26.4 Å². The summed E-state index contributed by atoms with van der Waals surface area (Å²) in [6.45, 7) is 2.78. The molecule has 1 saturated carbocycles. The molecule has 1 aliphatic carbocycles. The Labute approximate surface area is 196 Å². The molecule has 2 aliphatic rings. The minimum Gasteiger partial charge on any atom is -0.431 e. The van der Waals surface area contributed by atoms with Gasteiger partial charge in [-0.15, -0.1) is 0 Å². The SMILES string of the molecule is N#CC(CCOCc1ccccc1)OC(=O)N[C@@H](CC1CCCCC1)C(=O)N1CCOCC1. The highest BCUT2D eigenvalue weighted by atomic mass is 16.6. The Bertz CT molecular complexity index is 770. The number of nitriles is 1. The van der Waals surface area contributed by atoms with E-state index in [1.165, 1.54) is 6.42 Å². The fourth-order valence-electron chi connectivity index (χ4n) is 4.39. The normalized spacial score (nSPS) is 18.7. The smallest absolute Gasteiger partial charge is 0.409 e. The van der Waals surface area contributed by atoms with Gasteiger partial charge in [0.2, 0.25) is 5.91 Å². The number of morpholine rings is 1. The molecule has 2 amide bonds. The van der Waals surface area contributed by atoms with Crippen LogP contribution in [0, 0.1) is 17.2 Å². The number of carbonyl (C=O) groups is 2. The van der Waals surface area contributed by atoms with Gasteiger partial charge in [0.15, 0.2) is 6.10 Å². The molecule has 1 unspecified atom stereocenters. The first-order valence-corrected chi connectivity index (χ1v) is 12.0. The van der Waals surface area contributed by atoms with Crippen LogP contribution in [0.15, 0.2) is 30.3 Å². The quantitative estimate of drug-likeness (QED) is 0.541. The van der Waals surface area contributed by atoms with E-state index >= 15 is 0 Å². The predicted octanol–water partition coefficient (Wildman–Crippen LogP) is 3.41. The second kappa shape index (κ2) is 13.8. The molecular weight excluding hydrogens is 422 g/mol. The molecule has 1 saturated heterocycles. The zero-order chi connectivity index (χ0) is 23.3. The molecule has 3 rings (SSSR count). The van der Waals surface area contributed by atoms with Crippen LogP contribution >= 0.6 is 0 Å². The van der Waals surface area contributed by atoms with Gasteiger partial charge in [-0.05, 0) is 17.9 Å². The summed E-state index contributed by atoms with van der Waals surface area (Å²) in [5.41, 5.74) is 1.04. The summed E-state index contributed by atoms with van der Waals surface area (Å²) >= 11 is 0. The number of nitrogens with one attached hydrogen (secondary N) is 1. The molecule has 2 atom stereocenters. The molecule has 0 bridgehead atoms. The minimum absolute atomic E-state index is 0.0967. The maximum atomic E-state index is 13.1. The highest BCUT2D eigenvalue weighted by molar-refractivity contribution is 5.85. The molecule has 2 fully saturated rings. The van der Waals surface area contributed by atoms with Crippen molar-refractivity contribution in [2.75, 3.05) is 32.9 Å². The van der Waals surface area contributed by atoms with Gasteiger partial charge in [-0.2, -0.15) is 5.26 Å². The number of alkyl carbamates (subject to hydrolysis) is 1. The summed E-state index contributed by atoms with van der Waals surface area (Å²) < 4.78 is 16.3. The van der Waals surface area contributed by atoms with Crippen molar-refractivity contribution < 1.29 is 23.8 Å². The number of carbonyl (C=O) groups excluding carboxylic acids is 2. The minimum atomic E-state index is -0.936. The molecule has 0 spiro atoms. The standard InChI is InChI=1S/C25H35N3O5/c26-18-22(11-14-32-19-21-9-5-2-6-10-21)33-25(30)27-23(17-20-7-3-1-4-8-20)24(29)28-12-15-31-16-13-28/h2,5-6,9-10,20,22-23H,1,3-4,7-8,11-17,19H2,(H,27,30)/t22?,23-/m0/s1. The van der Waals surface area contributed by atoms with Crippen molar-refractivity contribution >= 4 is 12.0 Å². The van der Waals surface area contributed by atoms with Crippen molar-refractivity contribution in [2.45, 2.75) is 63.7 Å². The van der Waals surface area contributed by atoms with Crippen molar-refractivity contribution in [1.82, 2.24) is 10.2 Å². The lowest BCUT2D eigenvalue weighted by Crippen LogP contribution is -2.52. The van der Waals surface area contributed by atoms with Crippen molar-refractivity contribution in [1.29, 1.82) is 5.26 Å². The highest BCUT2D eigenvalue weighted by Gasteiger charge is 2.31. The third-order valence-corrected chi connectivity index (χ3v) is 6.24. The molecule has 8 heteroatoms. The molecule has 1 heterocycles. The molecule has 1 aliphatic heterocycles. The fraction of sp³-hybridized carbons (Fsp3) is 0.640.